The molecule has 4 rings (SSSR count). The molecule has 5 heteroatoms. The average molecular weight is 619 g/mol. The van der Waals surface area contributed by atoms with E-state index in [1.165, 1.54) is 18.4 Å². The third-order valence-electron chi connectivity index (χ3n) is 6.01. The topological polar surface area (TPSA) is 51.8 Å². The fourth-order valence-electron chi connectivity index (χ4n) is 3.97. The first-order valence-electron chi connectivity index (χ1n) is 11.3. The fourth-order valence-corrected chi connectivity index (χ4v) is 3.97. The standard InChI is InChI=1S/C28H29N3O.Pt/c1-5-11-20(6-2)21-16-18-23(19-17-21)26-30-27(32-31-26)28(3,4)25-15-10-14-24(29-25)22-12-8-7-9-13-22;/h7-10,12,14-18,20H,5-6,11H2,1-4H3;/q-2;+2. The van der Waals surface area contributed by atoms with Crippen LogP contribution < -0.4 is 0 Å². The van der Waals surface area contributed by atoms with E-state index in [0.717, 1.165) is 28.9 Å². The molecule has 0 aliphatic rings. The smallest absolute Gasteiger partial charge is 0.349 e. The number of nitrogens with zero attached hydrogens (tertiary/aromatic N) is 3. The Bertz CT molecular complexity index is 1150. The van der Waals surface area contributed by atoms with Crippen molar-refractivity contribution in [1.82, 2.24) is 15.1 Å². The number of hydrogen-bond acceptors (Lipinski definition) is 4. The second-order valence-corrected chi connectivity index (χ2v) is 8.66. The first kappa shape index (κ1) is 25.0. The van der Waals surface area contributed by atoms with Crippen molar-refractivity contribution in [3.05, 3.63) is 89.9 Å². The zero-order chi connectivity index (χ0) is 22.6. The van der Waals surface area contributed by atoms with E-state index in [1.54, 1.807) is 0 Å². The Morgan fingerprint density at radius 1 is 0.939 bits per heavy atom. The van der Waals surface area contributed by atoms with Crippen molar-refractivity contribution < 1.29 is 25.6 Å². The van der Waals surface area contributed by atoms with Crippen LogP contribution >= 0.6 is 0 Å². The van der Waals surface area contributed by atoms with E-state index in [9.17, 15) is 0 Å². The summed E-state index contributed by atoms with van der Waals surface area (Å²) < 4.78 is 5.69. The maximum atomic E-state index is 5.69. The van der Waals surface area contributed by atoms with Gasteiger partial charge in [-0.25, -0.2) is 4.98 Å². The number of benzene rings is 2. The molecule has 1 unspecified atom stereocenters. The van der Waals surface area contributed by atoms with Gasteiger partial charge in [-0.3, -0.25) is 0 Å². The van der Waals surface area contributed by atoms with Crippen molar-refractivity contribution in [3.63, 3.8) is 0 Å². The van der Waals surface area contributed by atoms with Gasteiger partial charge >= 0.3 is 21.1 Å². The van der Waals surface area contributed by atoms with Crippen LogP contribution in [0.25, 0.3) is 22.6 Å². The molecule has 0 fully saturated rings. The van der Waals surface area contributed by atoms with Crippen LogP contribution in [0.5, 0.6) is 0 Å². The minimum Gasteiger partial charge on any atom is -0.349 e. The third kappa shape index (κ3) is 5.50. The van der Waals surface area contributed by atoms with Crippen LogP contribution in [-0.2, 0) is 26.5 Å². The van der Waals surface area contributed by atoms with Gasteiger partial charge in [-0.1, -0.05) is 51.2 Å². The SMILES string of the molecule is CCCC(CC)c1c[c-]c(-c2noc(C(C)(C)c3cccc(-c4[c-]cccc4)n3)n2)cc1.[Pt+2]. The van der Waals surface area contributed by atoms with Crippen molar-refractivity contribution in [2.45, 2.75) is 58.3 Å². The van der Waals surface area contributed by atoms with E-state index < -0.39 is 5.41 Å². The van der Waals surface area contributed by atoms with Gasteiger partial charge in [0.15, 0.2) is 0 Å². The number of pyridine rings is 1. The van der Waals surface area contributed by atoms with Gasteiger partial charge in [-0.15, -0.1) is 76.4 Å². The molecule has 2 aromatic carbocycles. The Balaban J connectivity index is 0.00000306. The number of hydrogen-bond donors (Lipinski definition) is 0. The Hall–Kier alpha value is -2.58. The molecular formula is C28H29N3OPt. The molecule has 2 heterocycles. The third-order valence-corrected chi connectivity index (χ3v) is 6.01. The molecule has 0 saturated carbocycles. The van der Waals surface area contributed by atoms with E-state index in [1.807, 2.05) is 48.5 Å². The maximum absolute atomic E-state index is 5.69. The van der Waals surface area contributed by atoms with Gasteiger partial charge in [0.2, 0.25) is 5.89 Å². The van der Waals surface area contributed by atoms with E-state index in [0.29, 0.717) is 17.6 Å². The summed E-state index contributed by atoms with van der Waals surface area (Å²) in [5.41, 5.74) is 4.32. The average Bonchev–Trinajstić information content (AvgIpc) is 3.35. The van der Waals surface area contributed by atoms with Gasteiger partial charge in [-0.05, 0) is 25.6 Å². The Morgan fingerprint density at radius 3 is 2.45 bits per heavy atom. The molecule has 0 spiro atoms. The molecule has 0 saturated heterocycles. The maximum Gasteiger partial charge on any atom is 2.00 e. The Kier molecular flexibility index (Phi) is 8.37. The van der Waals surface area contributed by atoms with Gasteiger partial charge in [-0.2, -0.15) is 0 Å². The van der Waals surface area contributed by atoms with Crippen LogP contribution in [0.1, 0.15) is 70.0 Å². The molecule has 4 aromatic rings. The molecule has 2 aromatic heterocycles. The van der Waals surface area contributed by atoms with E-state index in [-0.39, 0.29) is 21.1 Å². The largest absolute Gasteiger partial charge is 2.00 e. The predicted molar refractivity (Wildman–Crippen MR) is 127 cm³/mol. The molecule has 0 N–H and O–H groups in total. The summed E-state index contributed by atoms with van der Waals surface area (Å²) in [7, 11) is 0. The van der Waals surface area contributed by atoms with Crippen molar-refractivity contribution >= 4 is 0 Å². The second kappa shape index (κ2) is 11.0. The van der Waals surface area contributed by atoms with Gasteiger partial charge < -0.3 is 9.51 Å². The summed E-state index contributed by atoms with van der Waals surface area (Å²) in [6, 6.07) is 26.7. The van der Waals surface area contributed by atoms with Gasteiger partial charge in [0.05, 0.1) is 5.41 Å². The zero-order valence-electron chi connectivity index (χ0n) is 19.5. The first-order chi connectivity index (χ1) is 15.5. The van der Waals surface area contributed by atoms with Crippen molar-refractivity contribution in [2.24, 2.45) is 0 Å². The summed E-state index contributed by atoms with van der Waals surface area (Å²) in [5, 5.41) is 4.24. The minimum absolute atomic E-state index is 0. The molecule has 1 atom stereocenters. The quantitative estimate of drug-likeness (QED) is 0.199. The molecule has 0 bridgehead atoms. The van der Waals surface area contributed by atoms with Crippen LogP contribution in [0.4, 0.5) is 0 Å². The number of aromatic nitrogens is 3. The summed E-state index contributed by atoms with van der Waals surface area (Å²) in [6.45, 7) is 8.57. The fraction of sp³-hybridized carbons (Fsp3) is 0.321. The monoisotopic (exact) mass is 618 g/mol. The van der Waals surface area contributed by atoms with Crippen molar-refractivity contribution in [3.8, 4) is 22.6 Å². The molecule has 0 aliphatic heterocycles. The summed E-state index contributed by atoms with van der Waals surface area (Å²) >= 11 is 0. The van der Waals surface area contributed by atoms with Crippen molar-refractivity contribution in [2.75, 3.05) is 0 Å². The minimum atomic E-state index is -0.537. The van der Waals surface area contributed by atoms with Crippen LogP contribution in [0.3, 0.4) is 0 Å². The van der Waals surface area contributed by atoms with E-state index >= 15 is 0 Å². The van der Waals surface area contributed by atoms with Gasteiger partial charge in [0.25, 0.3) is 0 Å². The van der Waals surface area contributed by atoms with Crippen molar-refractivity contribution in [1.29, 1.82) is 0 Å². The van der Waals surface area contributed by atoms with E-state index in [4.69, 9.17) is 14.5 Å². The normalized spacial score (nSPS) is 12.2. The van der Waals surface area contributed by atoms with Crippen LogP contribution in [0.2, 0.25) is 0 Å². The predicted octanol–water partition coefficient (Wildman–Crippen LogP) is 7.02. The molecule has 172 valence electrons. The first-order valence-corrected chi connectivity index (χ1v) is 11.3. The van der Waals surface area contributed by atoms with E-state index in [2.05, 4.69) is 57.1 Å². The molecule has 0 radical (unpaired) electrons. The molecule has 0 amide bonds. The van der Waals surface area contributed by atoms with Gasteiger partial charge in [0.1, 0.15) is 5.82 Å². The van der Waals surface area contributed by atoms with Gasteiger partial charge in [0, 0.05) is 5.69 Å². The zero-order valence-corrected chi connectivity index (χ0v) is 21.8. The molecule has 33 heavy (non-hydrogen) atoms. The Morgan fingerprint density at radius 2 is 1.79 bits per heavy atom. The summed E-state index contributed by atoms with van der Waals surface area (Å²) in [5.74, 6) is 1.66. The summed E-state index contributed by atoms with van der Waals surface area (Å²) in [4.78, 5) is 9.57. The number of rotatable bonds is 8. The molecule has 4 nitrogen and oxygen atoms in total. The van der Waals surface area contributed by atoms with Crippen LogP contribution in [-0.4, -0.2) is 15.1 Å². The van der Waals surface area contributed by atoms with Crippen LogP contribution in [0, 0.1) is 12.1 Å². The second-order valence-electron chi connectivity index (χ2n) is 8.66. The van der Waals surface area contributed by atoms with Crippen LogP contribution in [0.15, 0.2) is 65.2 Å². The summed E-state index contributed by atoms with van der Waals surface area (Å²) in [6.07, 6.45) is 3.51. The Labute approximate surface area is 211 Å². The molecule has 0 aliphatic carbocycles. The molecular weight excluding hydrogens is 589 g/mol.